The molecule has 1 heteroatoms. The molecule has 5 rings (SSSR count). The molecule has 0 amide bonds. The first-order valence-corrected chi connectivity index (χ1v) is 9.69. The van der Waals surface area contributed by atoms with Crippen molar-refractivity contribution in [1.82, 2.24) is 0 Å². The molecule has 3 aromatic rings. The lowest BCUT2D eigenvalue weighted by Crippen LogP contribution is -2.24. The molecule has 1 nitrogen and oxygen atoms in total. The van der Waals surface area contributed by atoms with Gasteiger partial charge in [0.05, 0.1) is 0 Å². The second-order valence-corrected chi connectivity index (χ2v) is 8.31. The second-order valence-electron chi connectivity index (χ2n) is 8.31. The van der Waals surface area contributed by atoms with Crippen LogP contribution in [-0.4, -0.2) is 0 Å². The molecule has 0 fully saturated rings. The minimum absolute atomic E-state index is 0.00293. The van der Waals surface area contributed by atoms with Gasteiger partial charge in [-0.2, -0.15) is 0 Å². The number of nitrogen functional groups attached to an aromatic ring is 1. The summed E-state index contributed by atoms with van der Waals surface area (Å²) < 4.78 is 0. The Morgan fingerprint density at radius 2 is 1.77 bits per heavy atom. The summed E-state index contributed by atoms with van der Waals surface area (Å²) in [7, 11) is 0. The van der Waals surface area contributed by atoms with E-state index in [-0.39, 0.29) is 5.41 Å². The molecule has 1 unspecified atom stereocenters. The Labute approximate surface area is 155 Å². The minimum atomic E-state index is 0.00293. The number of benzene rings is 3. The van der Waals surface area contributed by atoms with Crippen molar-refractivity contribution < 1.29 is 0 Å². The number of nitrogens with two attached hydrogens (primary N) is 1. The highest BCUT2D eigenvalue weighted by atomic mass is 14.6. The third-order valence-electron chi connectivity index (χ3n) is 6.46. The van der Waals surface area contributed by atoms with Crippen molar-refractivity contribution in [2.45, 2.75) is 44.4 Å². The van der Waals surface area contributed by atoms with Crippen LogP contribution in [0.2, 0.25) is 0 Å². The van der Waals surface area contributed by atoms with E-state index in [1.54, 1.807) is 0 Å². The van der Waals surface area contributed by atoms with E-state index in [0.717, 1.165) is 18.5 Å². The zero-order chi connectivity index (χ0) is 17.9. The topological polar surface area (TPSA) is 26.0 Å². The van der Waals surface area contributed by atoms with Gasteiger partial charge in [-0.15, -0.1) is 0 Å². The van der Waals surface area contributed by atoms with Crippen molar-refractivity contribution in [3.63, 3.8) is 0 Å². The van der Waals surface area contributed by atoms with Crippen LogP contribution >= 0.6 is 0 Å². The van der Waals surface area contributed by atoms with Crippen LogP contribution in [0.25, 0.3) is 21.9 Å². The Hall–Kier alpha value is -2.54. The summed E-state index contributed by atoms with van der Waals surface area (Å²) in [5.74, 6) is 0.515. The van der Waals surface area contributed by atoms with Gasteiger partial charge in [0.15, 0.2) is 0 Å². The molecule has 0 radical (unpaired) electrons. The van der Waals surface area contributed by atoms with Gasteiger partial charge in [-0.1, -0.05) is 68.5 Å². The fourth-order valence-corrected chi connectivity index (χ4v) is 5.18. The fourth-order valence-electron chi connectivity index (χ4n) is 5.18. The number of hydrogen-bond donors (Lipinski definition) is 1. The van der Waals surface area contributed by atoms with E-state index in [1.807, 2.05) is 0 Å². The summed E-state index contributed by atoms with van der Waals surface area (Å²) >= 11 is 0. The second kappa shape index (κ2) is 5.48. The Morgan fingerprint density at radius 1 is 0.962 bits per heavy atom. The van der Waals surface area contributed by atoms with E-state index >= 15 is 0 Å². The number of fused-ring (bicyclic) bond motifs is 2. The number of hydrogen-bond acceptors (Lipinski definition) is 1. The lowest BCUT2D eigenvalue weighted by molar-refractivity contribution is 0.617. The van der Waals surface area contributed by atoms with Gasteiger partial charge in [0.25, 0.3) is 0 Å². The smallest absolute Gasteiger partial charge is 0.0362 e. The highest BCUT2D eigenvalue weighted by Gasteiger charge is 2.35. The summed E-state index contributed by atoms with van der Waals surface area (Å²) in [6, 6.07) is 17.8. The van der Waals surface area contributed by atoms with Crippen LogP contribution in [0, 0.1) is 0 Å². The van der Waals surface area contributed by atoms with Gasteiger partial charge >= 0.3 is 0 Å². The fraction of sp³-hybridized carbons (Fsp3) is 0.280. The third kappa shape index (κ3) is 2.03. The van der Waals surface area contributed by atoms with E-state index in [9.17, 15) is 0 Å². The lowest BCUT2D eigenvalue weighted by Gasteiger charge is -2.37. The van der Waals surface area contributed by atoms with Crippen molar-refractivity contribution in [3.05, 3.63) is 77.4 Å². The monoisotopic (exact) mass is 339 g/mol. The Morgan fingerprint density at radius 3 is 2.58 bits per heavy atom. The summed E-state index contributed by atoms with van der Waals surface area (Å²) in [6.07, 6.45) is 8.07. The quantitative estimate of drug-likeness (QED) is 0.395. The van der Waals surface area contributed by atoms with Crippen LogP contribution < -0.4 is 5.73 Å². The van der Waals surface area contributed by atoms with Gasteiger partial charge in [-0.25, -0.2) is 0 Å². The zero-order valence-electron chi connectivity index (χ0n) is 15.5. The van der Waals surface area contributed by atoms with Crippen molar-refractivity contribution in [2.75, 3.05) is 5.73 Å². The average Bonchev–Trinajstić information content (AvgIpc) is 2.66. The van der Waals surface area contributed by atoms with Crippen LogP contribution in [-0.2, 0) is 5.41 Å². The standard InChI is InChI=1S/C25H25N/c1-25(2)19-13-7-6-12-18(19)24-22-17(11-8-14-20(22)25)15-21(26)23(24)16-9-4-3-5-10-16/h3-4,6-8,11-16H,5,9-10,26H2,1-2H3. The molecule has 2 aliphatic carbocycles. The molecule has 0 spiro atoms. The van der Waals surface area contributed by atoms with Crippen LogP contribution in [0.3, 0.4) is 0 Å². The Kier molecular flexibility index (Phi) is 3.31. The summed E-state index contributed by atoms with van der Waals surface area (Å²) in [4.78, 5) is 0. The van der Waals surface area contributed by atoms with Crippen LogP contribution in [0.15, 0.2) is 60.7 Å². The maximum atomic E-state index is 6.67. The number of rotatable bonds is 1. The van der Waals surface area contributed by atoms with Crippen LogP contribution in [0.1, 0.15) is 55.7 Å². The molecule has 0 saturated heterocycles. The van der Waals surface area contributed by atoms with E-state index in [0.29, 0.717) is 5.92 Å². The lowest BCUT2D eigenvalue weighted by atomic mass is 9.66. The first-order chi connectivity index (χ1) is 12.6. The first kappa shape index (κ1) is 15.7. The summed E-state index contributed by atoms with van der Waals surface area (Å²) in [5.41, 5.74) is 14.6. The molecule has 1 atom stereocenters. The summed E-state index contributed by atoms with van der Waals surface area (Å²) in [6.45, 7) is 4.70. The molecule has 0 bridgehead atoms. The average molecular weight is 339 g/mol. The molecule has 0 aromatic heterocycles. The predicted octanol–water partition coefficient (Wildman–Crippen LogP) is 6.55. The maximum Gasteiger partial charge on any atom is 0.0362 e. The number of allylic oxidation sites excluding steroid dienone is 2. The summed E-state index contributed by atoms with van der Waals surface area (Å²) in [5, 5.41) is 2.68. The van der Waals surface area contributed by atoms with Gasteiger partial charge in [0.2, 0.25) is 0 Å². The van der Waals surface area contributed by atoms with Crippen LogP contribution in [0.4, 0.5) is 5.69 Å². The third-order valence-corrected chi connectivity index (χ3v) is 6.46. The van der Waals surface area contributed by atoms with Gasteiger partial charge in [0, 0.05) is 11.1 Å². The highest BCUT2D eigenvalue weighted by Crippen LogP contribution is 2.53. The molecule has 0 heterocycles. The Balaban J connectivity index is 1.95. The SMILES string of the molecule is CC1(C)c2ccccc2-c2c(C3CC=CCC3)c(N)cc3cccc1c23. The zero-order valence-corrected chi connectivity index (χ0v) is 15.5. The van der Waals surface area contributed by atoms with E-state index in [1.165, 1.54) is 45.0 Å². The van der Waals surface area contributed by atoms with Gasteiger partial charge < -0.3 is 5.73 Å². The molecule has 130 valence electrons. The predicted molar refractivity (Wildman–Crippen MR) is 112 cm³/mol. The molecular formula is C25H25N. The van der Waals surface area contributed by atoms with Crippen LogP contribution in [0.5, 0.6) is 0 Å². The molecule has 0 aliphatic heterocycles. The van der Waals surface area contributed by atoms with E-state index in [2.05, 4.69) is 74.5 Å². The largest absolute Gasteiger partial charge is 0.398 e. The number of anilines is 1. The van der Waals surface area contributed by atoms with Gasteiger partial charge in [0.1, 0.15) is 0 Å². The van der Waals surface area contributed by atoms with Crippen molar-refractivity contribution in [3.8, 4) is 11.1 Å². The maximum absolute atomic E-state index is 6.67. The molecule has 2 N–H and O–H groups in total. The molecule has 0 saturated carbocycles. The minimum Gasteiger partial charge on any atom is -0.398 e. The molecule has 2 aliphatic rings. The normalized spacial score (nSPS) is 20.2. The molecule has 3 aromatic carbocycles. The van der Waals surface area contributed by atoms with Crippen molar-refractivity contribution in [1.29, 1.82) is 0 Å². The molecule has 26 heavy (non-hydrogen) atoms. The van der Waals surface area contributed by atoms with Crippen molar-refractivity contribution >= 4 is 16.5 Å². The van der Waals surface area contributed by atoms with E-state index in [4.69, 9.17) is 5.73 Å². The van der Waals surface area contributed by atoms with E-state index < -0.39 is 0 Å². The van der Waals surface area contributed by atoms with Crippen molar-refractivity contribution in [2.24, 2.45) is 0 Å². The Bertz CT molecular complexity index is 1060. The van der Waals surface area contributed by atoms with Gasteiger partial charge in [-0.3, -0.25) is 0 Å². The van der Waals surface area contributed by atoms with Gasteiger partial charge in [-0.05, 0) is 69.8 Å². The first-order valence-electron chi connectivity index (χ1n) is 9.69. The highest BCUT2D eigenvalue weighted by molar-refractivity contribution is 6.07. The molecular weight excluding hydrogens is 314 g/mol.